The average Bonchev–Trinajstić information content (AvgIpc) is 3.72. The topological polar surface area (TPSA) is 16.1 Å². The number of para-hydroxylation sites is 1. The Morgan fingerprint density at radius 1 is 0.508 bits per heavy atom. The van der Waals surface area contributed by atoms with Crippen LogP contribution >= 0.6 is 0 Å². The summed E-state index contributed by atoms with van der Waals surface area (Å²) in [6.45, 7) is 9.80. The number of hydrogen-bond acceptors (Lipinski definition) is 2. The van der Waals surface area contributed by atoms with E-state index < -0.39 is 0 Å². The van der Waals surface area contributed by atoms with Crippen molar-refractivity contribution in [3.63, 3.8) is 0 Å². The standard InChI is InChI=1S/C59H52N2/c1-37-32-39-34-38(2)59(43(33-37)35-39)51-21-11-8-16-46(51)49-36-42(26-29-52(49)59)45-18-12-19-48-54(30-31-60-57(45)48)61(44-27-24-41(25-28-44)40-14-6-5-7-15-40)55-23-13-22-53-56(55)47-17-9-10-20-50(47)58(53,3)4/h5-31,36-39,43H,32-35H2,1-4H3. The second-order valence-electron chi connectivity index (χ2n) is 19.3. The SMILES string of the molecule is CC1CC2CC(C)C3(c4ccccc4-c4cc(-c5cccc6c(N(c7ccc(-c8ccccc8)cc7)c7cccc8c7-c7ccccc7C8(C)C)ccnc56)ccc43)C(C1)C2. The van der Waals surface area contributed by atoms with Gasteiger partial charge in [0.2, 0.25) is 0 Å². The fourth-order valence-electron chi connectivity index (χ4n) is 13.2. The monoisotopic (exact) mass is 788 g/mol. The Kier molecular flexibility index (Phi) is 8.18. The van der Waals surface area contributed by atoms with E-state index in [1.807, 2.05) is 6.20 Å². The lowest BCUT2D eigenvalue weighted by Gasteiger charge is -2.54. The van der Waals surface area contributed by atoms with Crippen molar-refractivity contribution in [2.45, 2.75) is 64.2 Å². The fraction of sp³-hybridized carbons (Fsp3) is 0.237. The minimum Gasteiger partial charge on any atom is -0.309 e. The molecule has 2 saturated carbocycles. The van der Waals surface area contributed by atoms with Crippen molar-refractivity contribution < 1.29 is 0 Å². The maximum absolute atomic E-state index is 5.23. The quantitative estimate of drug-likeness (QED) is 0.173. The molecule has 4 aliphatic carbocycles. The van der Waals surface area contributed by atoms with E-state index >= 15 is 0 Å². The van der Waals surface area contributed by atoms with Crippen LogP contribution in [0.15, 0.2) is 170 Å². The molecule has 0 radical (unpaired) electrons. The maximum Gasteiger partial charge on any atom is 0.0801 e. The molecule has 1 aromatic heterocycles. The van der Waals surface area contributed by atoms with E-state index in [-0.39, 0.29) is 10.8 Å². The van der Waals surface area contributed by atoms with Gasteiger partial charge in [-0.25, -0.2) is 0 Å². The van der Waals surface area contributed by atoms with E-state index in [1.54, 1.807) is 11.1 Å². The lowest BCUT2D eigenvalue weighted by molar-refractivity contribution is 0.0426. The number of pyridine rings is 1. The summed E-state index contributed by atoms with van der Waals surface area (Å²) in [4.78, 5) is 7.72. The third-order valence-electron chi connectivity index (χ3n) is 15.6. The van der Waals surface area contributed by atoms with Gasteiger partial charge in [0.05, 0.1) is 16.9 Å². The molecule has 12 rings (SSSR count). The summed E-state index contributed by atoms with van der Waals surface area (Å²) < 4.78 is 0. The number of benzene rings is 7. The van der Waals surface area contributed by atoms with Crippen molar-refractivity contribution in [3.8, 4) is 44.5 Å². The number of hydrogen-bond donors (Lipinski definition) is 0. The average molecular weight is 789 g/mol. The van der Waals surface area contributed by atoms with Crippen LogP contribution < -0.4 is 4.90 Å². The third kappa shape index (κ3) is 5.30. The molecule has 1 heterocycles. The zero-order chi connectivity index (χ0) is 41.0. The molecule has 2 heteroatoms. The van der Waals surface area contributed by atoms with Crippen LogP contribution in [0.25, 0.3) is 55.4 Å². The van der Waals surface area contributed by atoms with Crippen LogP contribution in [0.1, 0.15) is 75.6 Å². The Morgan fingerprint density at radius 3 is 2.02 bits per heavy atom. The van der Waals surface area contributed by atoms with Gasteiger partial charge in [0.25, 0.3) is 0 Å². The minimum absolute atomic E-state index is 0.0828. The van der Waals surface area contributed by atoms with Gasteiger partial charge < -0.3 is 4.90 Å². The van der Waals surface area contributed by atoms with Gasteiger partial charge in [0, 0.05) is 39.2 Å². The molecule has 8 aromatic rings. The van der Waals surface area contributed by atoms with Crippen molar-refractivity contribution in [2.75, 3.05) is 4.90 Å². The summed E-state index contributed by atoms with van der Waals surface area (Å²) in [5, 5.41) is 1.13. The van der Waals surface area contributed by atoms with Crippen LogP contribution in [0.3, 0.4) is 0 Å². The smallest absolute Gasteiger partial charge is 0.0801 e. The van der Waals surface area contributed by atoms with Crippen LogP contribution in [0, 0.1) is 23.7 Å². The molecule has 61 heavy (non-hydrogen) atoms. The Bertz CT molecular complexity index is 3010. The molecule has 7 aromatic carbocycles. The molecule has 2 fully saturated rings. The largest absolute Gasteiger partial charge is 0.309 e. The first-order valence-corrected chi connectivity index (χ1v) is 22.6. The highest BCUT2D eigenvalue weighted by Crippen LogP contribution is 2.65. The second-order valence-corrected chi connectivity index (χ2v) is 19.3. The predicted molar refractivity (Wildman–Crippen MR) is 255 cm³/mol. The zero-order valence-electron chi connectivity index (χ0n) is 35.7. The van der Waals surface area contributed by atoms with E-state index in [1.165, 1.54) is 87.0 Å². The van der Waals surface area contributed by atoms with Gasteiger partial charge in [-0.3, -0.25) is 4.98 Å². The van der Waals surface area contributed by atoms with Crippen LogP contribution in [0.4, 0.5) is 17.1 Å². The van der Waals surface area contributed by atoms with Crippen LogP contribution in [-0.4, -0.2) is 4.98 Å². The number of aromatic nitrogens is 1. The van der Waals surface area contributed by atoms with Gasteiger partial charge in [-0.15, -0.1) is 0 Å². The van der Waals surface area contributed by atoms with E-state index in [4.69, 9.17) is 4.98 Å². The number of nitrogens with zero attached hydrogens (tertiary/aromatic N) is 2. The maximum atomic E-state index is 5.23. The fourth-order valence-corrected chi connectivity index (χ4v) is 13.2. The summed E-state index contributed by atoms with van der Waals surface area (Å²) in [6.07, 6.45) is 7.43. The molecule has 1 spiro atoms. The highest BCUT2D eigenvalue weighted by Gasteiger charge is 2.56. The Labute approximate surface area is 361 Å². The second kappa shape index (κ2) is 13.6. The molecule has 0 saturated heterocycles. The zero-order valence-corrected chi connectivity index (χ0v) is 35.7. The lowest BCUT2D eigenvalue weighted by atomic mass is 9.49. The summed E-state index contributed by atoms with van der Waals surface area (Å²) >= 11 is 0. The van der Waals surface area contributed by atoms with Gasteiger partial charge in [-0.05, 0) is 135 Å². The van der Waals surface area contributed by atoms with Crippen LogP contribution in [0.2, 0.25) is 0 Å². The van der Waals surface area contributed by atoms with Crippen LogP contribution in [-0.2, 0) is 10.8 Å². The molecule has 2 bridgehead atoms. The Balaban J connectivity index is 1.04. The summed E-state index contributed by atoms with van der Waals surface area (Å²) in [6, 6.07) is 61.6. The van der Waals surface area contributed by atoms with Crippen molar-refractivity contribution in [1.29, 1.82) is 0 Å². The molecule has 2 nitrogen and oxygen atoms in total. The number of anilines is 3. The van der Waals surface area contributed by atoms with E-state index in [9.17, 15) is 0 Å². The Morgan fingerprint density at radius 2 is 1.18 bits per heavy atom. The van der Waals surface area contributed by atoms with Gasteiger partial charge in [-0.1, -0.05) is 161 Å². The molecule has 298 valence electrons. The van der Waals surface area contributed by atoms with Gasteiger partial charge in [0.1, 0.15) is 0 Å². The lowest BCUT2D eigenvalue weighted by Crippen LogP contribution is -2.49. The highest BCUT2D eigenvalue weighted by atomic mass is 15.1. The first kappa shape index (κ1) is 36.6. The number of rotatable bonds is 5. The van der Waals surface area contributed by atoms with Crippen molar-refractivity contribution >= 4 is 28.0 Å². The summed E-state index contributed by atoms with van der Waals surface area (Å²) in [7, 11) is 0. The van der Waals surface area contributed by atoms with E-state index in [0.29, 0.717) is 11.8 Å². The molecule has 4 aliphatic rings. The van der Waals surface area contributed by atoms with Crippen molar-refractivity contribution in [3.05, 3.63) is 192 Å². The van der Waals surface area contributed by atoms with Gasteiger partial charge in [-0.2, -0.15) is 0 Å². The van der Waals surface area contributed by atoms with Crippen molar-refractivity contribution in [2.24, 2.45) is 23.7 Å². The molecule has 0 N–H and O–H groups in total. The molecule has 0 amide bonds. The predicted octanol–water partition coefficient (Wildman–Crippen LogP) is 15.7. The van der Waals surface area contributed by atoms with E-state index in [0.717, 1.165) is 34.1 Å². The first-order valence-electron chi connectivity index (χ1n) is 22.6. The summed E-state index contributed by atoms with van der Waals surface area (Å²) in [5.74, 6) is 2.95. The highest BCUT2D eigenvalue weighted by molar-refractivity contribution is 6.06. The molecular formula is C59H52N2. The third-order valence-corrected chi connectivity index (χ3v) is 15.6. The molecule has 5 atom stereocenters. The normalized spacial score (nSPS) is 22.7. The van der Waals surface area contributed by atoms with Gasteiger partial charge >= 0.3 is 0 Å². The molecular weight excluding hydrogens is 737 g/mol. The summed E-state index contributed by atoms with van der Waals surface area (Å²) in [5.41, 5.74) is 20.6. The van der Waals surface area contributed by atoms with E-state index in [2.05, 4.69) is 196 Å². The Hall–Kier alpha value is -6.25. The first-order chi connectivity index (χ1) is 29.8. The van der Waals surface area contributed by atoms with Crippen LogP contribution in [0.5, 0.6) is 0 Å². The minimum atomic E-state index is -0.116. The molecule has 5 unspecified atom stereocenters. The molecule has 0 aliphatic heterocycles. The van der Waals surface area contributed by atoms with Crippen molar-refractivity contribution in [1.82, 2.24) is 4.98 Å². The number of fused-ring (bicyclic) bond motifs is 12. The van der Waals surface area contributed by atoms with Gasteiger partial charge in [0.15, 0.2) is 0 Å².